The molecule has 0 fully saturated rings. The van der Waals surface area contributed by atoms with Gasteiger partial charge in [-0.2, -0.15) is 0 Å². The van der Waals surface area contributed by atoms with E-state index < -0.39 is 0 Å². The predicted molar refractivity (Wildman–Crippen MR) is 108 cm³/mol. The van der Waals surface area contributed by atoms with E-state index in [9.17, 15) is 4.79 Å². The smallest absolute Gasteiger partial charge is 0.224 e. The van der Waals surface area contributed by atoms with Gasteiger partial charge in [0.1, 0.15) is 5.75 Å². The Morgan fingerprint density at radius 2 is 1.75 bits per heavy atom. The number of anilines is 1. The summed E-state index contributed by atoms with van der Waals surface area (Å²) in [6.45, 7) is 6.15. The van der Waals surface area contributed by atoms with Crippen LogP contribution < -0.4 is 10.1 Å². The summed E-state index contributed by atoms with van der Waals surface area (Å²) >= 11 is 2.30. The molecular weight excluding hydrogens is 413 g/mol. The molecule has 128 valence electrons. The van der Waals surface area contributed by atoms with Gasteiger partial charge in [0.15, 0.2) is 0 Å². The van der Waals surface area contributed by atoms with Crippen LogP contribution in [0.2, 0.25) is 0 Å². The Kier molecular flexibility index (Phi) is 6.66. The molecule has 2 aromatic rings. The maximum Gasteiger partial charge on any atom is 0.224 e. The molecule has 0 aromatic heterocycles. The van der Waals surface area contributed by atoms with Gasteiger partial charge in [-0.1, -0.05) is 6.07 Å². The van der Waals surface area contributed by atoms with E-state index in [1.165, 1.54) is 14.7 Å². The molecule has 1 N–H and O–H groups in total. The van der Waals surface area contributed by atoms with Gasteiger partial charge in [-0.05, 0) is 103 Å². The first-order valence-electron chi connectivity index (χ1n) is 8.11. The van der Waals surface area contributed by atoms with E-state index in [0.29, 0.717) is 6.42 Å². The lowest BCUT2D eigenvalue weighted by Crippen LogP contribution is -2.13. The summed E-state index contributed by atoms with van der Waals surface area (Å²) in [4.78, 5) is 12.2. The predicted octanol–water partition coefficient (Wildman–Crippen LogP) is 5.19. The number of carbonyl (C=O) groups excluding carboxylic acids is 1. The van der Waals surface area contributed by atoms with Gasteiger partial charge in [-0.25, -0.2) is 0 Å². The second kappa shape index (κ2) is 8.51. The summed E-state index contributed by atoms with van der Waals surface area (Å²) in [5, 5.41) is 3.06. The summed E-state index contributed by atoms with van der Waals surface area (Å²) < 4.78 is 6.42. The summed E-state index contributed by atoms with van der Waals surface area (Å²) in [5.74, 6) is 0.951. The number of benzene rings is 2. The Morgan fingerprint density at radius 1 is 1.08 bits per heavy atom. The average Bonchev–Trinajstić information content (AvgIpc) is 2.52. The highest BCUT2D eigenvalue weighted by molar-refractivity contribution is 14.1. The van der Waals surface area contributed by atoms with Crippen molar-refractivity contribution in [3.05, 3.63) is 56.2 Å². The highest BCUT2D eigenvalue weighted by Crippen LogP contribution is 2.24. The monoisotopic (exact) mass is 437 g/mol. The lowest BCUT2D eigenvalue weighted by atomic mass is 10.0. The second-order valence-electron chi connectivity index (χ2n) is 6.11. The number of hydrogen-bond donors (Lipinski definition) is 1. The third-order valence-electron chi connectivity index (χ3n) is 4.16. The molecule has 3 nitrogen and oxygen atoms in total. The average molecular weight is 437 g/mol. The molecule has 0 atom stereocenters. The van der Waals surface area contributed by atoms with Crippen molar-refractivity contribution in [2.24, 2.45) is 0 Å². The maximum absolute atomic E-state index is 12.2. The zero-order chi connectivity index (χ0) is 17.7. The van der Waals surface area contributed by atoms with E-state index in [2.05, 4.69) is 53.0 Å². The van der Waals surface area contributed by atoms with Gasteiger partial charge in [0.25, 0.3) is 0 Å². The lowest BCUT2D eigenvalue weighted by Gasteiger charge is -2.13. The van der Waals surface area contributed by atoms with Crippen LogP contribution in [-0.2, 0) is 11.2 Å². The van der Waals surface area contributed by atoms with Crippen LogP contribution in [0, 0.1) is 24.3 Å². The molecule has 24 heavy (non-hydrogen) atoms. The number of carbonyl (C=O) groups is 1. The fraction of sp³-hybridized carbons (Fsp3) is 0.350. The van der Waals surface area contributed by atoms with Crippen molar-refractivity contribution in [1.29, 1.82) is 0 Å². The maximum atomic E-state index is 12.2. The molecule has 0 unspecified atom stereocenters. The van der Waals surface area contributed by atoms with Crippen molar-refractivity contribution in [3.63, 3.8) is 0 Å². The highest BCUT2D eigenvalue weighted by Gasteiger charge is 2.09. The fourth-order valence-corrected chi connectivity index (χ4v) is 3.76. The van der Waals surface area contributed by atoms with Crippen molar-refractivity contribution in [2.75, 3.05) is 12.4 Å². The van der Waals surface area contributed by atoms with Crippen molar-refractivity contribution >= 4 is 34.2 Å². The molecule has 0 heterocycles. The van der Waals surface area contributed by atoms with E-state index in [1.54, 1.807) is 7.11 Å². The van der Waals surface area contributed by atoms with Crippen LogP contribution >= 0.6 is 22.6 Å². The van der Waals surface area contributed by atoms with Gasteiger partial charge >= 0.3 is 0 Å². The summed E-state index contributed by atoms with van der Waals surface area (Å²) in [6.07, 6.45) is 2.26. The van der Waals surface area contributed by atoms with Crippen LogP contribution in [0.25, 0.3) is 0 Å². The number of halogens is 1. The first kappa shape index (κ1) is 18.8. The van der Waals surface area contributed by atoms with E-state index in [-0.39, 0.29) is 5.91 Å². The minimum absolute atomic E-state index is 0.0774. The number of methoxy groups -OCH3 is 1. The summed E-state index contributed by atoms with van der Waals surface area (Å²) in [6, 6.07) is 10.3. The quantitative estimate of drug-likeness (QED) is 0.632. The van der Waals surface area contributed by atoms with Crippen LogP contribution in [0.5, 0.6) is 5.75 Å². The van der Waals surface area contributed by atoms with Gasteiger partial charge < -0.3 is 10.1 Å². The number of ether oxygens (including phenoxy) is 1. The largest absolute Gasteiger partial charge is 0.497 e. The zero-order valence-corrected chi connectivity index (χ0v) is 16.9. The van der Waals surface area contributed by atoms with E-state index >= 15 is 0 Å². The molecule has 1 amide bonds. The van der Waals surface area contributed by atoms with Crippen LogP contribution in [0.4, 0.5) is 5.69 Å². The topological polar surface area (TPSA) is 38.3 Å². The number of rotatable bonds is 6. The molecule has 0 radical (unpaired) electrons. The zero-order valence-electron chi connectivity index (χ0n) is 14.7. The summed E-state index contributed by atoms with van der Waals surface area (Å²) in [7, 11) is 1.67. The third-order valence-corrected chi connectivity index (χ3v) is 4.78. The molecule has 2 rings (SSSR count). The fourth-order valence-electron chi connectivity index (χ4n) is 2.82. The molecule has 0 bridgehead atoms. The molecule has 0 saturated heterocycles. The van der Waals surface area contributed by atoms with Gasteiger partial charge in [0.2, 0.25) is 5.91 Å². The van der Waals surface area contributed by atoms with Crippen molar-refractivity contribution < 1.29 is 9.53 Å². The molecule has 0 aliphatic rings. The lowest BCUT2D eigenvalue weighted by molar-refractivity contribution is -0.116. The Labute approximate surface area is 157 Å². The standard InChI is InChI=1S/C20H24INO2/c1-13-12-18(24-4)9-8-16(13)6-5-7-19(23)22-20-14(2)10-17(21)11-15(20)3/h8-12H,5-7H2,1-4H3,(H,22,23). The normalized spacial score (nSPS) is 10.5. The molecule has 2 aromatic carbocycles. The molecule has 0 spiro atoms. The van der Waals surface area contributed by atoms with Gasteiger partial charge in [-0.3, -0.25) is 4.79 Å². The highest BCUT2D eigenvalue weighted by atomic mass is 127. The van der Waals surface area contributed by atoms with Crippen LogP contribution in [0.15, 0.2) is 30.3 Å². The van der Waals surface area contributed by atoms with E-state index in [4.69, 9.17) is 4.74 Å². The second-order valence-corrected chi connectivity index (χ2v) is 7.35. The van der Waals surface area contributed by atoms with Crippen LogP contribution in [-0.4, -0.2) is 13.0 Å². The molecule has 4 heteroatoms. The van der Waals surface area contributed by atoms with Crippen LogP contribution in [0.3, 0.4) is 0 Å². The number of amides is 1. The molecule has 0 aliphatic heterocycles. The van der Waals surface area contributed by atoms with Crippen molar-refractivity contribution in [1.82, 2.24) is 0 Å². The van der Waals surface area contributed by atoms with Crippen molar-refractivity contribution in [2.45, 2.75) is 40.0 Å². The Balaban J connectivity index is 1.90. The number of aryl methyl sites for hydroxylation is 4. The SMILES string of the molecule is COc1ccc(CCCC(=O)Nc2c(C)cc(I)cc2C)c(C)c1. The van der Waals surface area contributed by atoms with Crippen LogP contribution in [0.1, 0.15) is 35.1 Å². The van der Waals surface area contributed by atoms with Gasteiger partial charge in [-0.15, -0.1) is 0 Å². The first-order chi connectivity index (χ1) is 11.4. The number of hydrogen-bond acceptors (Lipinski definition) is 2. The minimum Gasteiger partial charge on any atom is -0.497 e. The molecule has 0 aliphatic carbocycles. The van der Waals surface area contributed by atoms with Crippen molar-refractivity contribution in [3.8, 4) is 5.75 Å². The van der Waals surface area contributed by atoms with E-state index in [0.717, 1.165) is 35.4 Å². The summed E-state index contributed by atoms with van der Waals surface area (Å²) in [5.41, 5.74) is 5.64. The molecule has 0 saturated carbocycles. The number of nitrogens with one attached hydrogen (secondary N) is 1. The Morgan fingerprint density at radius 3 is 2.33 bits per heavy atom. The Bertz CT molecular complexity index is 717. The molecular formula is C20H24INO2. The van der Waals surface area contributed by atoms with Gasteiger partial charge in [0.05, 0.1) is 7.11 Å². The van der Waals surface area contributed by atoms with Gasteiger partial charge in [0, 0.05) is 15.7 Å². The Hall–Kier alpha value is -1.56. The first-order valence-corrected chi connectivity index (χ1v) is 9.18. The third kappa shape index (κ3) is 4.97. The van der Waals surface area contributed by atoms with E-state index in [1.807, 2.05) is 26.0 Å². The minimum atomic E-state index is 0.0774.